The number of hydrogen-bond acceptors (Lipinski definition) is 1. The second-order valence-electron chi connectivity index (χ2n) is 10.0. The van der Waals surface area contributed by atoms with Crippen LogP contribution in [0.2, 0.25) is 0 Å². The molecule has 0 fully saturated rings. The normalized spacial score (nSPS) is 13.5. The van der Waals surface area contributed by atoms with E-state index in [1.807, 2.05) is 0 Å². The molecule has 0 aliphatic heterocycles. The summed E-state index contributed by atoms with van der Waals surface area (Å²) in [6.45, 7) is 9.05. The zero-order valence-corrected chi connectivity index (χ0v) is 22.4. The van der Waals surface area contributed by atoms with E-state index in [2.05, 4.69) is 27.7 Å². The Balaban J connectivity index is 4.82. The molecule has 0 spiro atoms. The molecule has 0 saturated heterocycles. The quantitative estimate of drug-likeness (QED) is 0.124. The van der Waals surface area contributed by atoms with Crippen LogP contribution < -0.4 is 5.73 Å². The standard InChI is InChI=1S/C27H58NOP/c1-5-8-11-14-17-20-23-30(26(4)27(28)29,24-21-18-15-12-9-6-2)25-22-19-16-13-10-7-3/h26,30H,5-25H2,1-4H3,(H2,28,29). The Labute approximate surface area is 191 Å². The number of hydrogen-bond donors (Lipinski definition) is 1. The van der Waals surface area contributed by atoms with E-state index >= 15 is 0 Å². The molecule has 0 aromatic heterocycles. The predicted octanol–water partition coefficient (Wildman–Crippen LogP) is 8.69. The van der Waals surface area contributed by atoms with E-state index in [1.165, 1.54) is 134 Å². The third-order valence-corrected chi connectivity index (χ3v) is 13.6. The summed E-state index contributed by atoms with van der Waals surface area (Å²) in [6, 6.07) is 0. The fourth-order valence-corrected chi connectivity index (χ4v) is 10.6. The zero-order valence-electron chi connectivity index (χ0n) is 21.4. The monoisotopic (exact) mass is 443 g/mol. The molecule has 0 aliphatic carbocycles. The molecule has 0 rings (SSSR count). The molecule has 2 nitrogen and oxygen atoms in total. The second kappa shape index (κ2) is 20.8. The van der Waals surface area contributed by atoms with Crippen molar-refractivity contribution >= 4 is 13.2 Å². The van der Waals surface area contributed by atoms with E-state index < -0.39 is 7.26 Å². The van der Waals surface area contributed by atoms with Crippen molar-refractivity contribution in [1.29, 1.82) is 0 Å². The van der Waals surface area contributed by atoms with Crippen molar-refractivity contribution in [3.8, 4) is 0 Å². The molecule has 0 radical (unpaired) electrons. The number of nitrogens with two attached hydrogens (primary N) is 1. The molecule has 1 unspecified atom stereocenters. The summed E-state index contributed by atoms with van der Waals surface area (Å²) < 4.78 is 0. The van der Waals surface area contributed by atoms with Crippen LogP contribution in [0.1, 0.15) is 143 Å². The van der Waals surface area contributed by atoms with Crippen LogP contribution in [0.15, 0.2) is 0 Å². The molecule has 2 N–H and O–H groups in total. The first-order valence-electron chi connectivity index (χ1n) is 13.8. The third kappa shape index (κ3) is 14.8. The number of rotatable bonds is 23. The Morgan fingerprint density at radius 3 is 1.10 bits per heavy atom. The maximum absolute atomic E-state index is 12.3. The Bertz CT molecular complexity index is 344. The number of primary amides is 1. The van der Waals surface area contributed by atoms with Gasteiger partial charge in [-0.2, -0.15) is 0 Å². The van der Waals surface area contributed by atoms with Crippen LogP contribution in [-0.4, -0.2) is 30.1 Å². The van der Waals surface area contributed by atoms with Crippen molar-refractivity contribution in [2.45, 2.75) is 149 Å². The number of carbonyl (C=O) groups excluding carboxylic acids is 1. The Hall–Kier alpha value is -0.100. The van der Waals surface area contributed by atoms with Gasteiger partial charge >= 0.3 is 191 Å². The van der Waals surface area contributed by atoms with E-state index in [1.54, 1.807) is 0 Å². The summed E-state index contributed by atoms with van der Waals surface area (Å²) >= 11 is 0. The summed E-state index contributed by atoms with van der Waals surface area (Å²) in [5, 5.41) is 0. The molecule has 0 saturated carbocycles. The van der Waals surface area contributed by atoms with Gasteiger partial charge in [0.1, 0.15) is 0 Å². The van der Waals surface area contributed by atoms with E-state index in [9.17, 15) is 4.79 Å². The summed E-state index contributed by atoms with van der Waals surface area (Å²) in [5.41, 5.74) is 6.08. The van der Waals surface area contributed by atoms with Crippen molar-refractivity contribution in [1.82, 2.24) is 0 Å². The first kappa shape index (κ1) is 29.9. The van der Waals surface area contributed by atoms with Crippen LogP contribution in [-0.2, 0) is 4.79 Å². The molecule has 30 heavy (non-hydrogen) atoms. The first-order chi connectivity index (χ1) is 14.5. The Morgan fingerprint density at radius 2 is 0.833 bits per heavy atom. The molecule has 1 amide bonds. The third-order valence-electron chi connectivity index (χ3n) is 7.43. The van der Waals surface area contributed by atoms with Crippen LogP contribution in [0.5, 0.6) is 0 Å². The van der Waals surface area contributed by atoms with E-state index in [0.29, 0.717) is 0 Å². The fraction of sp³-hybridized carbons (Fsp3) is 0.963. The zero-order chi connectivity index (χ0) is 22.5. The van der Waals surface area contributed by atoms with Gasteiger partial charge in [-0.3, -0.25) is 0 Å². The summed E-state index contributed by atoms with van der Waals surface area (Å²) in [5.74, 6) is -0.00962. The molecule has 0 aromatic carbocycles. The van der Waals surface area contributed by atoms with Crippen molar-refractivity contribution in [3.05, 3.63) is 0 Å². The summed E-state index contributed by atoms with van der Waals surface area (Å²) in [6.07, 6.45) is 28.4. The van der Waals surface area contributed by atoms with Crippen molar-refractivity contribution in [2.75, 3.05) is 18.5 Å². The number of amides is 1. The van der Waals surface area contributed by atoms with Gasteiger partial charge in [0, 0.05) is 0 Å². The topological polar surface area (TPSA) is 43.1 Å². The van der Waals surface area contributed by atoms with Crippen LogP contribution in [0.4, 0.5) is 0 Å². The molecular formula is C27H58NOP. The maximum atomic E-state index is 12.3. The molecule has 0 heterocycles. The van der Waals surface area contributed by atoms with Gasteiger partial charge in [0.15, 0.2) is 0 Å². The summed E-state index contributed by atoms with van der Waals surface area (Å²) in [4.78, 5) is 12.3. The van der Waals surface area contributed by atoms with Gasteiger partial charge in [0.25, 0.3) is 0 Å². The average molecular weight is 444 g/mol. The number of carbonyl (C=O) groups is 1. The molecular weight excluding hydrogens is 385 g/mol. The van der Waals surface area contributed by atoms with Gasteiger partial charge in [-0.1, -0.05) is 0 Å². The minimum absolute atomic E-state index is 0.00962. The van der Waals surface area contributed by atoms with Gasteiger partial charge in [-0.15, -0.1) is 0 Å². The van der Waals surface area contributed by atoms with E-state index in [-0.39, 0.29) is 11.6 Å². The van der Waals surface area contributed by atoms with Gasteiger partial charge < -0.3 is 0 Å². The molecule has 0 aliphatic rings. The van der Waals surface area contributed by atoms with Crippen molar-refractivity contribution < 1.29 is 4.79 Å². The van der Waals surface area contributed by atoms with Crippen molar-refractivity contribution in [3.63, 3.8) is 0 Å². The van der Waals surface area contributed by atoms with Gasteiger partial charge in [0.05, 0.1) is 0 Å². The van der Waals surface area contributed by atoms with Gasteiger partial charge in [0.2, 0.25) is 0 Å². The second-order valence-corrected chi connectivity index (χ2v) is 15.1. The van der Waals surface area contributed by atoms with E-state index in [0.717, 1.165) is 0 Å². The fourth-order valence-electron chi connectivity index (χ4n) is 5.10. The van der Waals surface area contributed by atoms with Gasteiger partial charge in [-0.25, -0.2) is 0 Å². The minimum atomic E-state index is -1.64. The molecule has 0 bridgehead atoms. The van der Waals surface area contributed by atoms with E-state index in [4.69, 9.17) is 5.73 Å². The molecule has 0 aromatic rings. The average Bonchev–Trinajstić information content (AvgIpc) is 2.74. The Morgan fingerprint density at radius 1 is 0.567 bits per heavy atom. The van der Waals surface area contributed by atoms with Crippen LogP contribution >= 0.6 is 7.26 Å². The van der Waals surface area contributed by atoms with Gasteiger partial charge in [-0.05, 0) is 0 Å². The Kier molecular flexibility index (Phi) is 20.7. The van der Waals surface area contributed by atoms with Crippen molar-refractivity contribution in [2.24, 2.45) is 5.73 Å². The molecule has 3 heteroatoms. The first-order valence-corrected chi connectivity index (χ1v) is 16.5. The number of unbranched alkanes of at least 4 members (excludes halogenated alkanes) is 15. The SMILES string of the molecule is CCCCCCCC[PH](CCCCCCCC)(CCCCCCCC)C(C)C(N)=O. The van der Waals surface area contributed by atoms with Crippen LogP contribution in [0.3, 0.4) is 0 Å². The molecule has 182 valence electrons. The summed E-state index contributed by atoms with van der Waals surface area (Å²) in [7, 11) is -1.64. The predicted molar refractivity (Wildman–Crippen MR) is 142 cm³/mol. The molecule has 1 atom stereocenters. The van der Waals surface area contributed by atoms with Crippen LogP contribution in [0.25, 0.3) is 0 Å². The van der Waals surface area contributed by atoms with Crippen LogP contribution in [0, 0.1) is 0 Å².